The molecule has 0 aromatic carbocycles. The normalized spacial score (nSPS) is 14.4. The summed E-state index contributed by atoms with van der Waals surface area (Å²) in [6.45, 7) is 16.7. The Labute approximate surface area is 102 Å². The molecule has 0 N–H and O–H groups in total. The van der Waals surface area contributed by atoms with Crippen molar-refractivity contribution >= 4 is 26.8 Å². The molecule has 0 radical (unpaired) electrons. The zero-order chi connectivity index (χ0) is 12.3. The minimum Gasteiger partial charge on any atom is -0.417 e. The van der Waals surface area contributed by atoms with Crippen LogP contribution in [0.3, 0.4) is 0 Å². The van der Waals surface area contributed by atoms with Crippen LogP contribution < -0.4 is 0 Å². The van der Waals surface area contributed by atoms with Gasteiger partial charge in [-0.15, -0.1) is 0 Å². The van der Waals surface area contributed by atoms with Gasteiger partial charge < -0.3 is 4.43 Å². The van der Waals surface area contributed by atoms with E-state index in [1.165, 1.54) is 0 Å². The van der Waals surface area contributed by atoms with E-state index in [2.05, 4.69) is 47.0 Å². The second kappa shape index (κ2) is 5.34. The number of hydrogen-bond acceptors (Lipinski definition) is 1. The Hall–Kier alpha value is 0.684. The molecule has 0 saturated carbocycles. The van der Waals surface area contributed by atoms with E-state index in [-0.39, 0.29) is 0 Å². The van der Waals surface area contributed by atoms with E-state index in [9.17, 15) is 0 Å². The zero-order valence-corrected chi connectivity index (χ0v) is 14.2. The first-order valence-corrected chi connectivity index (χ1v) is 12.9. The van der Waals surface area contributed by atoms with Crippen LogP contribution in [0.15, 0.2) is 0 Å². The molecule has 4 heteroatoms. The van der Waals surface area contributed by atoms with E-state index in [0.29, 0.717) is 5.04 Å². The van der Waals surface area contributed by atoms with Gasteiger partial charge in [0.05, 0.1) is 0 Å². The molecule has 0 aliphatic carbocycles. The topological polar surface area (TPSA) is 9.23 Å². The summed E-state index contributed by atoms with van der Waals surface area (Å²) in [6.07, 6.45) is 1.12. The van der Waals surface area contributed by atoms with Crippen molar-refractivity contribution < 1.29 is 4.43 Å². The molecule has 0 aliphatic heterocycles. The molecular weight excluding hydrogens is 240 g/mol. The molecule has 0 unspecified atom stereocenters. The van der Waals surface area contributed by atoms with Gasteiger partial charge in [-0.2, -0.15) is 11.1 Å². The molecule has 0 spiro atoms. The summed E-state index contributed by atoms with van der Waals surface area (Å²) in [7, 11) is -2.92. The molecule has 0 fully saturated rings. The Bertz CT molecular complexity index is 192. The molecular formula is C11H27ClOSi2. The highest BCUT2D eigenvalue weighted by Crippen LogP contribution is 2.36. The maximum absolute atomic E-state index is 6.27. The third-order valence-corrected chi connectivity index (χ3v) is 9.83. The molecule has 92 valence electrons. The molecule has 0 aliphatic rings. The second-order valence-electron chi connectivity index (χ2n) is 6.43. The largest absolute Gasteiger partial charge is 0.417 e. The van der Waals surface area contributed by atoms with Crippen LogP contribution in [-0.2, 0) is 4.43 Å². The zero-order valence-electron chi connectivity index (χ0n) is 11.4. The smallest absolute Gasteiger partial charge is 0.191 e. The first-order chi connectivity index (χ1) is 6.46. The van der Waals surface area contributed by atoms with E-state index < -0.39 is 15.7 Å². The third kappa shape index (κ3) is 6.77. The van der Waals surface area contributed by atoms with Crippen LogP contribution >= 0.6 is 11.1 Å². The quantitative estimate of drug-likeness (QED) is 0.393. The lowest BCUT2D eigenvalue weighted by Crippen LogP contribution is -2.41. The highest BCUT2D eigenvalue weighted by atomic mass is 35.6. The number of halogens is 1. The minimum atomic E-state index is -1.53. The van der Waals surface area contributed by atoms with Crippen LogP contribution in [-0.4, -0.2) is 22.3 Å². The molecule has 0 aromatic rings. The van der Waals surface area contributed by atoms with Gasteiger partial charge in [-0.05, 0) is 30.6 Å². The number of rotatable bonds is 5. The fourth-order valence-electron chi connectivity index (χ4n) is 1.04. The summed E-state index contributed by atoms with van der Waals surface area (Å²) in [4.78, 5) is 0. The Morgan fingerprint density at radius 3 is 1.87 bits per heavy atom. The van der Waals surface area contributed by atoms with Gasteiger partial charge in [0.25, 0.3) is 0 Å². The Kier molecular flexibility index (Phi) is 5.59. The van der Waals surface area contributed by atoms with E-state index in [0.717, 1.165) is 19.1 Å². The summed E-state index contributed by atoms with van der Waals surface area (Å²) in [5.41, 5.74) is 0. The van der Waals surface area contributed by atoms with E-state index in [1.807, 2.05) is 0 Å². The van der Waals surface area contributed by atoms with Gasteiger partial charge in [-0.25, -0.2) is 0 Å². The summed E-state index contributed by atoms with van der Waals surface area (Å²) in [5, 5.41) is 0.320. The van der Waals surface area contributed by atoms with Crippen LogP contribution in [0.25, 0.3) is 0 Å². The molecule has 0 amide bonds. The standard InChI is InChI=1S/C11H27ClOSi2/c1-11(2,3)15(6,7)13-9-8-10-14(4,5)12/h8-10H2,1-7H3. The molecule has 1 nitrogen and oxygen atoms in total. The van der Waals surface area contributed by atoms with Crippen LogP contribution in [0.4, 0.5) is 0 Å². The van der Waals surface area contributed by atoms with Crippen molar-refractivity contribution in [2.75, 3.05) is 6.61 Å². The van der Waals surface area contributed by atoms with Crippen molar-refractivity contribution in [1.29, 1.82) is 0 Å². The summed E-state index contributed by atoms with van der Waals surface area (Å²) in [6, 6.07) is 1.16. The van der Waals surface area contributed by atoms with Crippen LogP contribution in [0, 0.1) is 0 Å². The number of hydrogen-bond donors (Lipinski definition) is 0. The van der Waals surface area contributed by atoms with Gasteiger partial charge in [0.15, 0.2) is 15.7 Å². The fourth-order valence-corrected chi connectivity index (χ4v) is 3.51. The maximum Gasteiger partial charge on any atom is 0.191 e. The molecule has 0 heterocycles. The Morgan fingerprint density at radius 2 is 1.53 bits per heavy atom. The molecule has 15 heavy (non-hydrogen) atoms. The summed E-state index contributed by atoms with van der Waals surface area (Å²) < 4.78 is 6.09. The fraction of sp³-hybridized carbons (Fsp3) is 1.00. The Morgan fingerprint density at radius 1 is 1.07 bits per heavy atom. The minimum absolute atomic E-state index is 0.320. The summed E-state index contributed by atoms with van der Waals surface area (Å²) >= 11 is 6.27. The first kappa shape index (κ1) is 15.7. The van der Waals surface area contributed by atoms with E-state index >= 15 is 0 Å². The molecule has 0 saturated heterocycles. The van der Waals surface area contributed by atoms with Crippen molar-refractivity contribution in [2.45, 2.75) is 64.5 Å². The average molecular weight is 267 g/mol. The highest BCUT2D eigenvalue weighted by Gasteiger charge is 2.36. The Balaban J connectivity index is 3.87. The maximum atomic E-state index is 6.27. The van der Waals surface area contributed by atoms with Crippen LogP contribution in [0.5, 0.6) is 0 Å². The lowest BCUT2D eigenvalue weighted by molar-refractivity contribution is 0.287. The van der Waals surface area contributed by atoms with E-state index in [1.54, 1.807) is 0 Å². The molecule has 0 rings (SSSR count). The molecule has 0 aromatic heterocycles. The first-order valence-electron chi connectivity index (χ1n) is 5.79. The average Bonchev–Trinajstić information content (AvgIpc) is 1.94. The van der Waals surface area contributed by atoms with Crippen LogP contribution in [0.1, 0.15) is 27.2 Å². The predicted octanol–water partition coefficient (Wildman–Crippen LogP) is 4.84. The SMILES string of the molecule is CC(C)(C)[Si](C)(C)OCCC[Si](C)(C)Cl. The summed E-state index contributed by atoms with van der Waals surface area (Å²) in [5.74, 6) is 0. The molecule has 0 bridgehead atoms. The third-order valence-electron chi connectivity index (χ3n) is 3.18. The lowest BCUT2D eigenvalue weighted by Gasteiger charge is -2.36. The monoisotopic (exact) mass is 266 g/mol. The van der Waals surface area contributed by atoms with Gasteiger partial charge in [0.1, 0.15) is 0 Å². The van der Waals surface area contributed by atoms with Crippen molar-refractivity contribution in [3.63, 3.8) is 0 Å². The van der Waals surface area contributed by atoms with Crippen molar-refractivity contribution in [2.24, 2.45) is 0 Å². The van der Waals surface area contributed by atoms with Crippen molar-refractivity contribution in [1.82, 2.24) is 0 Å². The van der Waals surface area contributed by atoms with Gasteiger partial charge in [0, 0.05) is 6.61 Å². The van der Waals surface area contributed by atoms with Gasteiger partial charge in [-0.1, -0.05) is 33.9 Å². The van der Waals surface area contributed by atoms with Crippen LogP contribution in [0.2, 0.25) is 37.3 Å². The van der Waals surface area contributed by atoms with Gasteiger partial charge in [-0.3, -0.25) is 0 Å². The highest BCUT2D eigenvalue weighted by molar-refractivity contribution is 7.19. The van der Waals surface area contributed by atoms with E-state index in [4.69, 9.17) is 15.5 Å². The van der Waals surface area contributed by atoms with Crippen molar-refractivity contribution in [3.8, 4) is 0 Å². The molecule has 0 atom stereocenters. The van der Waals surface area contributed by atoms with Gasteiger partial charge in [0.2, 0.25) is 0 Å². The lowest BCUT2D eigenvalue weighted by atomic mass is 10.2. The second-order valence-corrected chi connectivity index (χ2v) is 18.2. The predicted molar refractivity (Wildman–Crippen MR) is 75.9 cm³/mol. The van der Waals surface area contributed by atoms with Gasteiger partial charge >= 0.3 is 0 Å². The van der Waals surface area contributed by atoms with Crippen molar-refractivity contribution in [3.05, 3.63) is 0 Å².